The molecule has 0 radical (unpaired) electrons. The van der Waals surface area contributed by atoms with E-state index >= 15 is 0 Å². The highest BCUT2D eigenvalue weighted by Gasteiger charge is 2.40. The Hall–Kier alpha value is -2.51. The molecular formula is C22H24N4O2S. The molecule has 3 aromatic rings. The van der Waals surface area contributed by atoms with Crippen molar-refractivity contribution >= 4 is 27.5 Å². The van der Waals surface area contributed by atoms with E-state index in [1.165, 1.54) is 29.7 Å². The Balaban J connectivity index is 1.22. The topological polar surface area (TPSA) is 67.4 Å². The molecule has 2 aliphatic heterocycles. The lowest BCUT2D eigenvalue weighted by molar-refractivity contribution is -0.120. The van der Waals surface area contributed by atoms with Crippen LogP contribution in [-0.4, -0.2) is 38.9 Å². The summed E-state index contributed by atoms with van der Waals surface area (Å²) in [5, 5.41) is 3.75. The summed E-state index contributed by atoms with van der Waals surface area (Å²) >= 11 is 1.50. The fourth-order valence-corrected chi connectivity index (χ4v) is 5.52. The number of pyridine rings is 1. The first kappa shape index (κ1) is 18.5. The molecule has 29 heavy (non-hydrogen) atoms. The number of nitrogens with one attached hydrogen (secondary N) is 1. The minimum absolute atomic E-state index is 0.0860. The second-order valence-corrected chi connectivity index (χ2v) is 8.99. The first-order valence-electron chi connectivity index (χ1n) is 10.1. The van der Waals surface area contributed by atoms with Gasteiger partial charge < -0.3 is 10.1 Å². The lowest BCUT2D eigenvalue weighted by Crippen LogP contribution is -2.49. The maximum Gasteiger partial charge on any atom is 0.279 e. The van der Waals surface area contributed by atoms with Crippen molar-refractivity contribution in [2.24, 2.45) is 0 Å². The van der Waals surface area contributed by atoms with Crippen LogP contribution in [0.4, 0.5) is 0 Å². The number of fused-ring (bicyclic) bond motifs is 3. The van der Waals surface area contributed by atoms with Crippen LogP contribution in [0.1, 0.15) is 38.2 Å². The van der Waals surface area contributed by atoms with Crippen LogP contribution >= 0.6 is 11.3 Å². The predicted octanol–water partition coefficient (Wildman–Crippen LogP) is 4.12. The molecule has 7 heteroatoms. The SMILES string of the molecule is CC(=O)NC1C[C@H]2CC[C@@H](C1)N2Cc1ccc(Oc2nc3ccncc3s2)cc1. The molecule has 2 saturated heterocycles. The second kappa shape index (κ2) is 7.72. The molecule has 2 fully saturated rings. The fraction of sp³-hybridized carbons (Fsp3) is 0.409. The molecule has 1 amide bonds. The van der Waals surface area contributed by atoms with E-state index in [1.807, 2.05) is 24.4 Å². The van der Waals surface area contributed by atoms with Gasteiger partial charge in [0, 0.05) is 44.0 Å². The van der Waals surface area contributed by atoms with Crippen molar-refractivity contribution in [1.29, 1.82) is 0 Å². The Morgan fingerprint density at radius 2 is 1.97 bits per heavy atom. The minimum Gasteiger partial charge on any atom is -0.431 e. The third kappa shape index (κ3) is 3.97. The number of hydrogen-bond acceptors (Lipinski definition) is 6. The van der Waals surface area contributed by atoms with Gasteiger partial charge in [-0.25, -0.2) is 4.98 Å². The number of nitrogens with zero attached hydrogens (tertiary/aromatic N) is 3. The average molecular weight is 409 g/mol. The Morgan fingerprint density at radius 3 is 2.66 bits per heavy atom. The van der Waals surface area contributed by atoms with E-state index in [-0.39, 0.29) is 5.91 Å². The number of aromatic nitrogens is 2. The van der Waals surface area contributed by atoms with Gasteiger partial charge >= 0.3 is 0 Å². The van der Waals surface area contributed by atoms with E-state index < -0.39 is 0 Å². The molecule has 0 saturated carbocycles. The summed E-state index contributed by atoms with van der Waals surface area (Å²) in [5.74, 6) is 0.885. The first-order valence-corrected chi connectivity index (χ1v) is 11.0. The zero-order valence-electron chi connectivity index (χ0n) is 16.4. The standard InChI is InChI=1S/C22H24N4O2S/c1-14(27)24-16-10-17-4-5-18(11-16)26(17)13-15-2-6-19(7-3-15)28-22-25-20-8-9-23-12-21(20)29-22/h2-3,6-9,12,16-18H,4-5,10-11,13H2,1H3,(H,24,27)/t16?,17-,18+. The van der Waals surface area contributed by atoms with Crippen LogP contribution in [0, 0.1) is 0 Å². The molecule has 0 spiro atoms. The summed E-state index contributed by atoms with van der Waals surface area (Å²) in [6.07, 6.45) is 8.13. The van der Waals surface area contributed by atoms with Gasteiger partial charge in [0.2, 0.25) is 5.91 Å². The van der Waals surface area contributed by atoms with E-state index in [4.69, 9.17) is 4.74 Å². The molecule has 5 rings (SSSR count). The summed E-state index contributed by atoms with van der Waals surface area (Å²) in [6, 6.07) is 11.7. The van der Waals surface area contributed by atoms with Crippen LogP contribution in [0.5, 0.6) is 10.9 Å². The van der Waals surface area contributed by atoms with Crippen LogP contribution in [0.25, 0.3) is 10.2 Å². The van der Waals surface area contributed by atoms with Gasteiger partial charge in [-0.05, 0) is 49.4 Å². The van der Waals surface area contributed by atoms with Gasteiger partial charge in [-0.2, -0.15) is 0 Å². The zero-order valence-corrected chi connectivity index (χ0v) is 17.2. The van der Waals surface area contributed by atoms with Gasteiger partial charge in [0.1, 0.15) is 5.75 Å². The molecule has 6 nitrogen and oxygen atoms in total. The molecule has 1 aromatic carbocycles. The summed E-state index contributed by atoms with van der Waals surface area (Å²) in [7, 11) is 0. The maximum absolute atomic E-state index is 11.4. The largest absolute Gasteiger partial charge is 0.431 e. The van der Waals surface area contributed by atoms with Crippen molar-refractivity contribution in [3.63, 3.8) is 0 Å². The molecule has 150 valence electrons. The second-order valence-electron chi connectivity index (χ2n) is 8.00. The van der Waals surface area contributed by atoms with Gasteiger partial charge in [-0.15, -0.1) is 0 Å². The van der Waals surface area contributed by atoms with Crippen molar-refractivity contribution in [3.05, 3.63) is 48.3 Å². The smallest absolute Gasteiger partial charge is 0.279 e. The predicted molar refractivity (Wildman–Crippen MR) is 113 cm³/mol. The summed E-state index contributed by atoms with van der Waals surface area (Å²) < 4.78 is 6.97. The van der Waals surface area contributed by atoms with E-state index in [1.54, 1.807) is 13.1 Å². The van der Waals surface area contributed by atoms with Crippen molar-refractivity contribution < 1.29 is 9.53 Å². The van der Waals surface area contributed by atoms with Crippen molar-refractivity contribution in [1.82, 2.24) is 20.2 Å². The van der Waals surface area contributed by atoms with Crippen LogP contribution in [0.15, 0.2) is 42.7 Å². The molecule has 1 N–H and O–H groups in total. The lowest BCUT2D eigenvalue weighted by Gasteiger charge is -2.39. The van der Waals surface area contributed by atoms with Gasteiger partial charge in [0.05, 0.1) is 10.2 Å². The monoisotopic (exact) mass is 408 g/mol. The van der Waals surface area contributed by atoms with E-state index in [0.717, 1.165) is 35.4 Å². The third-order valence-corrected chi connectivity index (χ3v) is 6.84. The molecule has 0 aliphatic carbocycles. The minimum atomic E-state index is 0.0860. The summed E-state index contributed by atoms with van der Waals surface area (Å²) in [4.78, 5) is 22.6. The number of rotatable bonds is 5. The molecular weight excluding hydrogens is 384 g/mol. The Bertz CT molecular complexity index is 972. The number of thiazole rings is 1. The highest BCUT2D eigenvalue weighted by Crippen LogP contribution is 2.37. The normalized spacial score (nSPS) is 24.0. The Labute approximate surface area is 173 Å². The number of carbonyl (C=O) groups is 1. The van der Waals surface area contributed by atoms with Crippen LogP contribution in [0.2, 0.25) is 0 Å². The van der Waals surface area contributed by atoms with Crippen molar-refractivity contribution in [2.45, 2.75) is 57.3 Å². The number of ether oxygens (including phenoxy) is 1. The van der Waals surface area contributed by atoms with Crippen molar-refractivity contribution in [3.8, 4) is 10.9 Å². The molecule has 2 aromatic heterocycles. The first-order chi connectivity index (χ1) is 14.1. The molecule has 3 atom stereocenters. The lowest BCUT2D eigenvalue weighted by atomic mass is 9.96. The molecule has 4 heterocycles. The summed E-state index contributed by atoms with van der Waals surface area (Å²) in [5.41, 5.74) is 2.20. The van der Waals surface area contributed by atoms with Gasteiger partial charge in [-0.3, -0.25) is 14.7 Å². The van der Waals surface area contributed by atoms with Crippen LogP contribution in [0.3, 0.4) is 0 Å². The molecule has 1 unspecified atom stereocenters. The maximum atomic E-state index is 11.4. The Kier molecular flexibility index (Phi) is 4.93. The summed E-state index contributed by atoms with van der Waals surface area (Å²) in [6.45, 7) is 2.57. The number of amides is 1. The average Bonchev–Trinajstić information content (AvgIpc) is 3.20. The molecule has 2 bridgehead atoms. The molecule has 2 aliphatic rings. The Morgan fingerprint density at radius 1 is 1.21 bits per heavy atom. The number of carbonyl (C=O) groups excluding carboxylic acids is 1. The van der Waals surface area contributed by atoms with Crippen LogP contribution in [-0.2, 0) is 11.3 Å². The van der Waals surface area contributed by atoms with Gasteiger partial charge in [0.25, 0.3) is 5.19 Å². The third-order valence-electron chi connectivity index (χ3n) is 5.96. The highest BCUT2D eigenvalue weighted by molar-refractivity contribution is 7.20. The highest BCUT2D eigenvalue weighted by atomic mass is 32.1. The fourth-order valence-electron chi connectivity index (χ4n) is 4.71. The number of benzene rings is 1. The van der Waals surface area contributed by atoms with Gasteiger partial charge in [-0.1, -0.05) is 23.5 Å². The number of hydrogen-bond donors (Lipinski definition) is 1. The van der Waals surface area contributed by atoms with E-state index in [2.05, 4.69) is 32.3 Å². The van der Waals surface area contributed by atoms with Crippen LogP contribution < -0.4 is 10.1 Å². The quantitative estimate of drug-likeness (QED) is 0.688. The van der Waals surface area contributed by atoms with Crippen molar-refractivity contribution in [2.75, 3.05) is 0 Å². The van der Waals surface area contributed by atoms with Gasteiger partial charge in [0.15, 0.2) is 0 Å². The van der Waals surface area contributed by atoms with E-state index in [0.29, 0.717) is 23.3 Å². The van der Waals surface area contributed by atoms with E-state index in [9.17, 15) is 4.79 Å². The number of piperidine rings is 1. The zero-order chi connectivity index (χ0) is 19.8.